The van der Waals surface area contributed by atoms with E-state index < -0.39 is 0 Å². The van der Waals surface area contributed by atoms with Gasteiger partial charge in [-0.15, -0.1) is 0 Å². The number of nitrogens with one attached hydrogen (secondary N) is 2. The Morgan fingerprint density at radius 3 is 2.71 bits per heavy atom. The second kappa shape index (κ2) is 7.10. The lowest BCUT2D eigenvalue weighted by Gasteiger charge is -2.40. The van der Waals surface area contributed by atoms with Gasteiger partial charge in [-0.1, -0.05) is 12.8 Å². The average molecular weight is 293 g/mol. The summed E-state index contributed by atoms with van der Waals surface area (Å²) in [5, 5.41) is 6.80. The molecule has 4 atom stereocenters. The molecule has 2 heterocycles. The summed E-state index contributed by atoms with van der Waals surface area (Å²) in [5.74, 6) is 1.05. The van der Waals surface area contributed by atoms with Crippen molar-refractivity contribution in [1.82, 2.24) is 15.5 Å². The monoisotopic (exact) mass is 293 g/mol. The number of nitrogens with zero attached hydrogens (tertiary/aromatic N) is 1. The third kappa shape index (κ3) is 3.78. The van der Waals surface area contributed by atoms with Gasteiger partial charge >= 0.3 is 0 Å². The molecule has 4 heteroatoms. The van der Waals surface area contributed by atoms with Gasteiger partial charge < -0.3 is 10.6 Å². The predicted molar refractivity (Wildman–Crippen MR) is 85.2 cm³/mol. The summed E-state index contributed by atoms with van der Waals surface area (Å²) in [4.78, 5) is 14.9. The molecule has 0 radical (unpaired) electrons. The molecular weight excluding hydrogens is 262 g/mol. The smallest absolute Gasteiger partial charge is 0.237 e. The molecule has 4 unspecified atom stereocenters. The number of carbonyl (C=O) groups excluding carboxylic acids is 1. The van der Waals surface area contributed by atoms with Crippen LogP contribution in [0.5, 0.6) is 0 Å². The molecule has 0 aromatic carbocycles. The van der Waals surface area contributed by atoms with E-state index in [-0.39, 0.29) is 11.9 Å². The Labute approximate surface area is 129 Å². The first kappa shape index (κ1) is 15.3. The van der Waals surface area contributed by atoms with E-state index in [9.17, 15) is 4.79 Å². The van der Waals surface area contributed by atoms with Crippen molar-refractivity contribution in [2.75, 3.05) is 19.6 Å². The van der Waals surface area contributed by atoms with Crippen molar-refractivity contribution in [3.8, 4) is 0 Å². The van der Waals surface area contributed by atoms with Crippen molar-refractivity contribution in [3.05, 3.63) is 0 Å². The molecule has 2 N–H and O–H groups in total. The van der Waals surface area contributed by atoms with Gasteiger partial charge in [0.15, 0.2) is 0 Å². The zero-order valence-electron chi connectivity index (χ0n) is 13.4. The summed E-state index contributed by atoms with van der Waals surface area (Å²) in [6.07, 6.45) is 10.2. The van der Waals surface area contributed by atoms with Gasteiger partial charge in [-0.25, -0.2) is 0 Å². The minimum absolute atomic E-state index is 0.0510. The van der Waals surface area contributed by atoms with Crippen LogP contribution in [0.2, 0.25) is 0 Å². The molecule has 2 saturated heterocycles. The first-order valence-electron chi connectivity index (χ1n) is 9.02. The fraction of sp³-hybridized carbons (Fsp3) is 0.941. The van der Waals surface area contributed by atoms with Crippen molar-refractivity contribution in [2.24, 2.45) is 5.92 Å². The molecule has 3 rings (SSSR count). The van der Waals surface area contributed by atoms with Crippen LogP contribution in [-0.2, 0) is 4.79 Å². The van der Waals surface area contributed by atoms with Gasteiger partial charge in [0.1, 0.15) is 0 Å². The zero-order valence-corrected chi connectivity index (χ0v) is 13.4. The number of hydrogen-bond acceptors (Lipinski definition) is 3. The van der Waals surface area contributed by atoms with E-state index in [2.05, 4.69) is 22.5 Å². The first-order chi connectivity index (χ1) is 10.2. The van der Waals surface area contributed by atoms with Crippen molar-refractivity contribution < 1.29 is 4.79 Å². The van der Waals surface area contributed by atoms with E-state index in [1.54, 1.807) is 0 Å². The average Bonchev–Trinajstić information content (AvgIpc) is 3.06. The van der Waals surface area contributed by atoms with Gasteiger partial charge in [-0.2, -0.15) is 0 Å². The number of likely N-dealkylation sites (tertiary alicyclic amines) is 1. The Bertz CT molecular complexity index is 354. The Morgan fingerprint density at radius 2 is 1.90 bits per heavy atom. The van der Waals surface area contributed by atoms with E-state index in [0.29, 0.717) is 12.1 Å². The van der Waals surface area contributed by atoms with Crippen molar-refractivity contribution in [2.45, 2.75) is 76.4 Å². The molecule has 2 aliphatic heterocycles. The Morgan fingerprint density at radius 1 is 1.14 bits per heavy atom. The van der Waals surface area contributed by atoms with Gasteiger partial charge in [0.05, 0.1) is 6.04 Å². The standard InChI is InChI=1S/C17H31N3O/c1-13(20-10-4-5-11-20)12-18-17(21)16-9-8-14-6-2-3-7-15(14)19-16/h13-16,19H,2-12H2,1H3,(H,18,21). The van der Waals surface area contributed by atoms with E-state index in [4.69, 9.17) is 0 Å². The Balaban J connectivity index is 1.42. The molecule has 1 amide bonds. The number of carbonyl (C=O) groups is 1. The molecule has 0 spiro atoms. The lowest BCUT2D eigenvalue weighted by Crippen LogP contribution is -2.56. The van der Waals surface area contributed by atoms with E-state index in [0.717, 1.165) is 18.9 Å². The maximum absolute atomic E-state index is 12.4. The van der Waals surface area contributed by atoms with Crippen LogP contribution < -0.4 is 10.6 Å². The second-order valence-corrected chi connectivity index (χ2v) is 7.28. The second-order valence-electron chi connectivity index (χ2n) is 7.28. The normalized spacial score (nSPS) is 35.2. The highest BCUT2D eigenvalue weighted by Gasteiger charge is 2.34. The van der Waals surface area contributed by atoms with Crippen molar-refractivity contribution in [3.63, 3.8) is 0 Å². The predicted octanol–water partition coefficient (Wildman–Crippen LogP) is 1.90. The number of hydrogen-bond donors (Lipinski definition) is 2. The number of piperidine rings is 1. The highest BCUT2D eigenvalue weighted by molar-refractivity contribution is 5.81. The molecular formula is C17H31N3O. The third-order valence-corrected chi connectivity index (χ3v) is 5.80. The van der Waals surface area contributed by atoms with Crippen LogP contribution in [0.4, 0.5) is 0 Å². The molecule has 1 aliphatic carbocycles. The number of fused-ring (bicyclic) bond motifs is 1. The lowest BCUT2D eigenvalue weighted by atomic mass is 9.77. The summed E-state index contributed by atoms with van der Waals surface area (Å²) in [6, 6.07) is 1.12. The minimum Gasteiger partial charge on any atom is -0.353 e. The van der Waals surface area contributed by atoms with Crippen LogP contribution in [-0.4, -0.2) is 48.6 Å². The summed E-state index contributed by atoms with van der Waals surface area (Å²) in [5.41, 5.74) is 0. The molecule has 3 aliphatic rings. The van der Waals surface area contributed by atoms with Crippen LogP contribution in [0, 0.1) is 5.92 Å². The molecule has 1 saturated carbocycles. The zero-order chi connectivity index (χ0) is 14.7. The van der Waals surface area contributed by atoms with Crippen LogP contribution in [0.3, 0.4) is 0 Å². The maximum atomic E-state index is 12.4. The molecule has 0 bridgehead atoms. The van der Waals surface area contributed by atoms with Gasteiger partial charge in [-0.3, -0.25) is 9.69 Å². The largest absolute Gasteiger partial charge is 0.353 e. The van der Waals surface area contributed by atoms with Crippen molar-refractivity contribution >= 4 is 5.91 Å². The maximum Gasteiger partial charge on any atom is 0.237 e. The molecule has 4 nitrogen and oxygen atoms in total. The van der Waals surface area contributed by atoms with Crippen LogP contribution in [0.15, 0.2) is 0 Å². The topological polar surface area (TPSA) is 44.4 Å². The summed E-state index contributed by atoms with van der Waals surface area (Å²) in [6.45, 7) is 5.42. The summed E-state index contributed by atoms with van der Waals surface area (Å²) < 4.78 is 0. The lowest BCUT2D eigenvalue weighted by molar-refractivity contribution is -0.124. The summed E-state index contributed by atoms with van der Waals surface area (Å²) >= 11 is 0. The molecule has 0 aromatic rings. The fourth-order valence-corrected chi connectivity index (χ4v) is 4.38. The SMILES string of the molecule is CC(CNC(=O)C1CCC2CCCCC2N1)N1CCCC1. The highest BCUT2D eigenvalue weighted by Crippen LogP contribution is 2.32. The molecule has 3 fully saturated rings. The van der Waals surface area contributed by atoms with Crippen LogP contribution in [0.1, 0.15) is 58.3 Å². The quantitative estimate of drug-likeness (QED) is 0.832. The highest BCUT2D eigenvalue weighted by atomic mass is 16.2. The fourth-order valence-electron chi connectivity index (χ4n) is 4.38. The molecule has 120 valence electrons. The minimum atomic E-state index is 0.0510. The first-order valence-corrected chi connectivity index (χ1v) is 9.02. The number of rotatable bonds is 4. The van der Waals surface area contributed by atoms with Gasteiger partial charge in [-0.05, 0) is 64.5 Å². The van der Waals surface area contributed by atoms with E-state index >= 15 is 0 Å². The Kier molecular flexibility index (Phi) is 5.17. The third-order valence-electron chi connectivity index (χ3n) is 5.80. The van der Waals surface area contributed by atoms with Crippen LogP contribution in [0.25, 0.3) is 0 Å². The van der Waals surface area contributed by atoms with Gasteiger partial charge in [0.2, 0.25) is 5.91 Å². The van der Waals surface area contributed by atoms with E-state index in [1.165, 1.54) is 58.0 Å². The summed E-state index contributed by atoms with van der Waals surface area (Å²) in [7, 11) is 0. The number of amides is 1. The van der Waals surface area contributed by atoms with Crippen molar-refractivity contribution in [1.29, 1.82) is 0 Å². The van der Waals surface area contributed by atoms with Crippen LogP contribution >= 0.6 is 0 Å². The van der Waals surface area contributed by atoms with Gasteiger partial charge in [0, 0.05) is 18.6 Å². The molecule has 0 aromatic heterocycles. The Hall–Kier alpha value is -0.610. The molecule has 21 heavy (non-hydrogen) atoms. The van der Waals surface area contributed by atoms with E-state index in [1.807, 2.05) is 0 Å². The van der Waals surface area contributed by atoms with Gasteiger partial charge in [0.25, 0.3) is 0 Å².